The summed E-state index contributed by atoms with van der Waals surface area (Å²) in [5.74, 6) is 1.51. The molecule has 0 bridgehead atoms. The van der Waals surface area contributed by atoms with Crippen LogP contribution < -0.4 is 4.74 Å². The molecule has 1 aliphatic heterocycles. The number of nitrogens with zero attached hydrogens (tertiary/aromatic N) is 3. The first kappa shape index (κ1) is 16.0. The molecule has 0 saturated carbocycles. The highest BCUT2D eigenvalue weighted by molar-refractivity contribution is 5.33. The second-order valence-corrected chi connectivity index (χ2v) is 6.07. The normalized spacial score (nSPS) is 16.6. The van der Waals surface area contributed by atoms with E-state index in [0.717, 1.165) is 38.2 Å². The molecule has 124 valence electrons. The first-order chi connectivity index (χ1) is 11.3. The Morgan fingerprint density at radius 3 is 2.74 bits per heavy atom. The van der Waals surface area contributed by atoms with Crippen LogP contribution in [-0.4, -0.2) is 46.6 Å². The number of benzene rings is 1. The molecule has 2 heterocycles. The predicted molar refractivity (Wildman–Crippen MR) is 89.6 cm³/mol. The van der Waals surface area contributed by atoms with E-state index in [1.807, 2.05) is 23.0 Å². The van der Waals surface area contributed by atoms with E-state index < -0.39 is 0 Å². The smallest absolute Gasteiger partial charge is 0.123 e. The summed E-state index contributed by atoms with van der Waals surface area (Å²) in [6.07, 6.45) is 4.10. The topological polar surface area (TPSA) is 50.5 Å². The molecule has 0 radical (unpaired) electrons. The number of aliphatic hydroxyl groups is 1. The summed E-state index contributed by atoms with van der Waals surface area (Å²) in [6.45, 7) is 3.82. The largest absolute Gasteiger partial charge is 0.496 e. The van der Waals surface area contributed by atoms with Gasteiger partial charge in [0.05, 0.1) is 20.3 Å². The number of methoxy groups -OCH3 is 1. The van der Waals surface area contributed by atoms with E-state index in [4.69, 9.17) is 9.84 Å². The minimum Gasteiger partial charge on any atom is -0.496 e. The molecule has 0 atom stereocenters. The van der Waals surface area contributed by atoms with E-state index in [-0.39, 0.29) is 6.61 Å². The molecular weight excluding hydrogens is 290 g/mol. The van der Waals surface area contributed by atoms with E-state index in [1.165, 1.54) is 11.3 Å². The molecule has 1 aromatic carbocycles. The van der Waals surface area contributed by atoms with Crippen molar-refractivity contribution >= 4 is 0 Å². The second kappa shape index (κ2) is 7.62. The average molecular weight is 315 g/mol. The van der Waals surface area contributed by atoms with Crippen LogP contribution in [-0.2, 0) is 13.1 Å². The minimum absolute atomic E-state index is 0.140. The maximum absolute atomic E-state index is 9.14. The Morgan fingerprint density at radius 1 is 1.22 bits per heavy atom. The number of rotatable bonds is 6. The summed E-state index contributed by atoms with van der Waals surface area (Å²) in [4.78, 5) is 2.49. The van der Waals surface area contributed by atoms with Crippen LogP contribution >= 0.6 is 0 Å². The maximum atomic E-state index is 9.14. The lowest BCUT2D eigenvalue weighted by Crippen LogP contribution is -2.33. The van der Waals surface area contributed by atoms with Gasteiger partial charge < -0.3 is 9.84 Å². The van der Waals surface area contributed by atoms with E-state index in [9.17, 15) is 0 Å². The van der Waals surface area contributed by atoms with Gasteiger partial charge in [-0.15, -0.1) is 0 Å². The molecule has 1 fully saturated rings. The fourth-order valence-corrected chi connectivity index (χ4v) is 3.43. The highest BCUT2D eigenvalue weighted by Gasteiger charge is 2.23. The average Bonchev–Trinajstić information content (AvgIpc) is 3.05. The summed E-state index contributed by atoms with van der Waals surface area (Å²) in [7, 11) is 1.73. The number of ether oxygens (including phenoxy) is 1. The second-order valence-electron chi connectivity index (χ2n) is 6.07. The Labute approximate surface area is 137 Å². The standard InChI is InChI=1S/C18H25N3O2/c1-23-18-5-3-2-4-16(18)14-20-10-7-15(8-11-20)17-6-9-19-21(17)12-13-22/h2-6,9,15,22H,7-8,10-14H2,1H3. The Hall–Kier alpha value is -1.85. The molecule has 1 saturated heterocycles. The summed E-state index contributed by atoms with van der Waals surface area (Å²) in [5.41, 5.74) is 2.51. The van der Waals surface area contributed by atoms with Crippen LogP contribution in [0.1, 0.15) is 30.0 Å². The monoisotopic (exact) mass is 315 g/mol. The van der Waals surface area contributed by atoms with E-state index >= 15 is 0 Å². The van der Waals surface area contributed by atoms with E-state index in [1.54, 1.807) is 7.11 Å². The molecule has 0 aliphatic carbocycles. The van der Waals surface area contributed by atoms with Crippen molar-refractivity contribution in [2.75, 3.05) is 26.8 Å². The van der Waals surface area contributed by atoms with Crippen LogP contribution in [0, 0.1) is 0 Å². The number of para-hydroxylation sites is 1. The Kier molecular flexibility index (Phi) is 5.31. The first-order valence-corrected chi connectivity index (χ1v) is 8.28. The van der Waals surface area contributed by atoms with Crippen molar-refractivity contribution in [3.63, 3.8) is 0 Å². The van der Waals surface area contributed by atoms with Gasteiger partial charge in [0.25, 0.3) is 0 Å². The van der Waals surface area contributed by atoms with Crippen molar-refractivity contribution in [1.82, 2.24) is 14.7 Å². The quantitative estimate of drug-likeness (QED) is 0.888. The SMILES string of the molecule is COc1ccccc1CN1CCC(c2ccnn2CCO)CC1. The van der Waals surface area contributed by atoms with Gasteiger partial charge >= 0.3 is 0 Å². The fraction of sp³-hybridized carbons (Fsp3) is 0.500. The predicted octanol–water partition coefficient (Wildman–Crippen LogP) is 2.26. The van der Waals surface area contributed by atoms with Gasteiger partial charge in [0.1, 0.15) is 5.75 Å². The highest BCUT2D eigenvalue weighted by Crippen LogP contribution is 2.29. The lowest BCUT2D eigenvalue weighted by atomic mass is 9.93. The lowest BCUT2D eigenvalue weighted by molar-refractivity contribution is 0.197. The third-order valence-corrected chi connectivity index (χ3v) is 4.65. The van der Waals surface area contributed by atoms with Crippen molar-refractivity contribution < 1.29 is 9.84 Å². The Morgan fingerprint density at radius 2 is 2.00 bits per heavy atom. The van der Waals surface area contributed by atoms with Gasteiger partial charge in [-0.2, -0.15) is 5.10 Å². The molecule has 0 spiro atoms. The molecule has 3 rings (SSSR count). The number of piperidine rings is 1. The lowest BCUT2D eigenvalue weighted by Gasteiger charge is -2.32. The van der Waals surface area contributed by atoms with E-state index in [0.29, 0.717) is 12.5 Å². The number of hydrogen-bond acceptors (Lipinski definition) is 4. The molecule has 1 aromatic heterocycles. The van der Waals surface area contributed by atoms with Crippen LogP contribution in [0.2, 0.25) is 0 Å². The molecule has 5 nitrogen and oxygen atoms in total. The Bertz CT molecular complexity index is 618. The van der Waals surface area contributed by atoms with Gasteiger partial charge in [0.15, 0.2) is 0 Å². The van der Waals surface area contributed by atoms with E-state index in [2.05, 4.69) is 28.2 Å². The third-order valence-electron chi connectivity index (χ3n) is 4.65. The third kappa shape index (κ3) is 3.74. The molecule has 0 unspecified atom stereocenters. The van der Waals surface area contributed by atoms with Crippen LogP contribution in [0.25, 0.3) is 0 Å². The molecule has 2 aromatic rings. The number of likely N-dealkylation sites (tertiary alicyclic amines) is 1. The highest BCUT2D eigenvalue weighted by atomic mass is 16.5. The molecular formula is C18H25N3O2. The molecule has 0 amide bonds. The summed E-state index contributed by atoms with van der Waals surface area (Å²) in [6, 6.07) is 10.3. The fourth-order valence-electron chi connectivity index (χ4n) is 3.43. The molecule has 1 aliphatic rings. The van der Waals surface area contributed by atoms with Gasteiger partial charge in [-0.25, -0.2) is 0 Å². The summed E-state index contributed by atoms with van der Waals surface area (Å²) < 4.78 is 7.39. The van der Waals surface area contributed by atoms with Crippen molar-refractivity contribution in [1.29, 1.82) is 0 Å². The first-order valence-electron chi connectivity index (χ1n) is 8.28. The number of aliphatic hydroxyl groups excluding tert-OH is 1. The van der Waals surface area contributed by atoms with Crippen LogP contribution in [0.15, 0.2) is 36.5 Å². The summed E-state index contributed by atoms with van der Waals surface area (Å²) in [5, 5.41) is 13.5. The number of hydrogen-bond donors (Lipinski definition) is 1. The van der Waals surface area contributed by atoms with Gasteiger partial charge in [0, 0.05) is 29.9 Å². The molecule has 23 heavy (non-hydrogen) atoms. The molecule has 1 N–H and O–H groups in total. The molecule has 5 heteroatoms. The zero-order valence-corrected chi connectivity index (χ0v) is 13.7. The van der Waals surface area contributed by atoms with Gasteiger partial charge in [-0.3, -0.25) is 9.58 Å². The van der Waals surface area contributed by atoms with Crippen molar-refractivity contribution in [2.24, 2.45) is 0 Å². The summed E-state index contributed by atoms with van der Waals surface area (Å²) >= 11 is 0. The van der Waals surface area contributed by atoms with Gasteiger partial charge in [-0.1, -0.05) is 18.2 Å². The van der Waals surface area contributed by atoms with Crippen molar-refractivity contribution in [3.8, 4) is 5.75 Å². The van der Waals surface area contributed by atoms with Crippen molar-refractivity contribution in [3.05, 3.63) is 47.8 Å². The van der Waals surface area contributed by atoms with Gasteiger partial charge in [-0.05, 0) is 38.1 Å². The number of aromatic nitrogens is 2. The maximum Gasteiger partial charge on any atom is 0.123 e. The van der Waals surface area contributed by atoms with Gasteiger partial charge in [0.2, 0.25) is 0 Å². The van der Waals surface area contributed by atoms with Crippen molar-refractivity contribution in [2.45, 2.75) is 31.8 Å². The van der Waals surface area contributed by atoms with Crippen LogP contribution in [0.4, 0.5) is 0 Å². The Balaban J connectivity index is 1.59. The zero-order valence-electron chi connectivity index (χ0n) is 13.7. The minimum atomic E-state index is 0.140. The van der Waals surface area contributed by atoms with Crippen LogP contribution in [0.3, 0.4) is 0 Å². The van der Waals surface area contributed by atoms with Crippen LogP contribution in [0.5, 0.6) is 5.75 Å². The zero-order chi connectivity index (χ0) is 16.1.